The lowest BCUT2D eigenvalue weighted by atomic mass is 9.85. The molecule has 5 heterocycles. The first-order valence-electron chi connectivity index (χ1n) is 24.9. The second-order valence-electron chi connectivity index (χ2n) is 20.6. The first-order chi connectivity index (χ1) is 30.9. The molecule has 356 valence electrons. The van der Waals surface area contributed by atoms with Crippen LogP contribution in [0, 0.1) is 61.2 Å². The highest BCUT2D eigenvalue weighted by atomic mass is 16.5. The van der Waals surface area contributed by atoms with Gasteiger partial charge in [-0.05, 0) is 107 Å². The van der Waals surface area contributed by atoms with Gasteiger partial charge in [0.15, 0.2) is 5.78 Å². The van der Waals surface area contributed by atoms with Gasteiger partial charge in [-0.3, -0.25) is 14.4 Å². The molecule has 0 radical (unpaired) electrons. The fraction of sp³-hybridized carbons (Fsp3) is 0.618. The molecular weight excluding hydrogens is 813 g/mol. The normalized spacial score (nSPS) is 26.4. The Labute approximate surface area is 389 Å². The molecule has 0 saturated carbocycles. The average molecular weight is 893 g/mol. The number of aliphatic hydroxyl groups excluding tert-OH is 1. The van der Waals surface area contributed by atoms with Crippen LogP contribution in [0.1, 0.15) is 195 Å². The topological polar surface area (TPSA) is 146 Å². The molecule has 0 amide bonds. The number of aromatic nitrogens is 2. The molecule has 0 unspecified atom stereocenters. The molecule has 10 nitrogen and oxygen atoms in total. The van der Waals surface area contributed by atoms with Crippen molar-refractivity contribution in [3.63, 3.8) is 0 Å². The number of aliphatic hydroxyl groups is 1. The van der Waals surface area contributed by atoms with Crippen LogP contribution < -0.4 is 10.6 Å². The van der Waals surface area contributed by atoms with E-state index in [0.29, 0.717) is 29.2 Å². The number of hydrogen-bond donors (Lipinski definition) is 5. The zero-order valence-electron chi connectivity index (χ0n) is 41.7. The Morgan fingerprint density at radius 1 is 0.785 bits per heavy atom. The Bertz CT molecular complexity index is 2230. The quantitative estimate of drug-likeness (QED) is 0.0502. The minimum Gasteiger partial charge on any atom is -0.468 e. The van der Waals surface area contributed by atoms with Gasteiger partial charge in [-0.2, -0.15) is 0 Å². The van der Waals surface area contributed by atoms with E-state index >= 15 is 0 Å². The van der Waals surface area contributed by atoms with Gasteiger partial charge in [-0.15, -0.1) is 0 Å². The van der Waals surface area contributed by atoms with Crippen molar-refractivity contribution in [2.24, 2.45) is 47.3 Å². The molecule has 2 aromatic rings. The zero-order valence-corrected chi connectivity index (χ0v) is 41.7. The number of Topliss-reactive ketones (excluding diaryl/α,β-unsaturated/α-hetero) is 1. The van der Waals surface area contributed by atoms with Crippen LogP contribution in [-0.2, 0) is 19.1 Å². The summed E-state index contributed by atoms with van der Waals surface area (Å²) in [7, 11) is 1.32. The van der Waals surface area contributed by atoms with Gasteiger partial charge >= 0.3 is 11.9 Å². The average Bonchev–Trinajstić information content (AvgIpc) is 4.00. The van der Waals surface area contributed by atoms with E-state index in [2.05, 4.69) is 94.2 Å². The van der Waals surface area contributed by atoms with E-state index in [9.17, 15) is 19.5 Å². The number of carbonyl (C=O) groups excluding carboxylic acids is 3. The monoisotopic (exact) mass is 893 g/mol. The Morgan fingerprint density at radius 2 is 1.38 bits per heavy atom. The number of hydrogen-bond acceptors (Lipinski definition) is 8. The van der Waals surface area contributed by atoms with Gasteiger partial charge in [0.05, 0.1) is 18.9 Å². The van der Waals surface area contributed by atoms with Crippen LogP contribution in [0.3, 0.4) is 0 Å². The van der Waals surface area contributed by atoms with Crippen LogP contribution in [0.25, 0.3) is 23.8 Å². The smallest absolute Gasteiger partial charge is 0.321 e. The molecule has 1 aliphatic carbocycles. The lowest BCUT2D eigenvalue weighted by Crippen LogP contribution is -2.25. The Morgan fingerprint density at radius 3 is 2.03 bits per heavy atom. The molecule has 10 heteroatoms. The third-order valence-corrected chi connectivity index (χ3v) is 15.2. The summed E-state index contributed by atoms with van der Waals surface area (Å²) in [5, 5.41) is 18.5. The maximum Gasteiger partial charge on any atom is 0.321 e. The number of allylic oxidation sites excluding steroid dienone is 5. The Hall–Kier alpha value is -4.57. The number of rotatable bonds is 20. The van der Waals surface area contributed by atoms with Gasteiger partial charge in [0, 0.05) is 86.7 Å². The van der Waals surface area contributed by atoms with E-state index in [-0.39, 0.29) is 48.5 Å². The zero-order chi connectivity index (χ0) is 47.3. The third kappa shape index (κ3) is 11.2. The summed E-state index contributed by atoms with van der Waals surface area (Å²) in [4.78, 5) is 48.8. The maximum absolute atomic E-state index is 14.4. The Balaban J connectivity index is 1.21. The van der Waals surface area contributed by atoms with Crippen molar-refractivity contribution in [3.05, 3.63) is 79.5 Å². The lowest BCUT2D eigenvalue weighted by Gasteiger charge is -2.19. The molecule has 65 heavy (non-hydrogen) atoms. The second-order valence-corrected chi connectivity index (χ2v) is 20.6. The lowest BCUT2D eigenvalue weighted by molar-refractivity contribution is -0.143. The highest BCUT2D eigenvalue weighted by molar-refractivity contribution is 6.24. The SMILES string of the molecule is CC[C@H]1/C2=C/c3[nH]c4c(c3C)C(=O)[C@H](C(=O)OC)/C4=C3/N/C(=C\c4[nH]c(c([C@H](C)O)c4C)/C=C(\N2)[C@@H]1C)[C@@H](C)[C@@H]3CCC(=O)OC/C=C(\C)CCC[C@H](C)CCC[C@H](C)CCCC(C)C. The van der Waals surface area contributed by atoms with Crippen LogP contribution in [0.4, 0.5) is 0 Å². The first-order valence-corrected chi connectivity index (χ1v) is 24.9. The number of esters is 2. The predicted octanol–water partition coefficient (Wildman–Crippen LogP) is 12.3. The molecule has 2 aromatic heterocycles. The van der Waals surface area contributed by atoms with E-state index < -0.39 is 18.0 Å². The fourth-order valence-corrected chi connectivity index (χ4v) is 11.1. The number of methoxy groups -OCH3 is 1. The van der Waals surface area contributed by atoms with E-state index in [0.717, 1.165) is 87.7 Å². The molecule has 2 fully saturated rings. The van der Waals surface area contributed by atoms with Gasteiger partial charge in [-0.25, -0.2) is 0 Å². The van der Waals surface area contributed by atoms with E-state index in [1.54, 1.807) is 6.92 Å². The van der Waals surface area contributed by atoms with E-state index in [1.807, 2.05) is 19.9 Å². The number of carbonyl (C=O) groups is 3. The summed E-state index contributed by atoms with van der Waals surface area (Å²) >= 11 is 0. The van der Waals surface area contributed by atoms with Crippen LogP contribution in [-0.4, -0.2) is 46.5 Å². The van der Waals surface area contributed by atoms with Crippen molar-refractivity contribution in [2.75, 3.05) is 13.7 Å². The summed E-state index contributed by atoms with van der Waals surface area (Å²) in [5.41, 5.74) is 11.7. The van der Waals surface area contributed by atoms with E-state index in [1.165, 1.54) is 57.6 Å². The molecule has 0 aromatic carbocycles. The highest BCUT2D eigenvalue weighted by Gasteiger charge is 2.49. The summed E-state index contributed by atoms with van der Waals surface area (Å²) in [6.45, 7) is 24.0. The number of ketones is 1. The number of aromatic amines is 2. The third-order valence-electron chi connectivity index (χ3n) is 15.2. The molecule has 0 spiro atoms. The molecule has 5 N–H and O–H groups in total. The minimum atomic E-state index is -1.16. The number of H-pyrrole nitrogens is 2. The molecule has 8 bridgehead atoms. The van der Waals surface area contributed by atoms with Crippen LogP contribution in [0.15, 0.2) is 34.4 Å². The number of fused-ring (bicyclic) bond motifs is 7. The van der Waals surface area contributed by atoms with E-state index in [4.69, 9.17) is 9.47 Å². The van der Waals surface area contributed by atoms with Crippen molar-refractivity contribution in [1.29, 1.82) is 0 Å². The van der Waals surface area contributed by atoms with Gasteiger partial charge in [0.2, 0.25) is 0 Å². The predicted molar refractivity (Wildman–Crippen MR) is 263 cm³/mol. The molecule has 8 atom stereocenters. The van der Waals surface area contributed by atoms with Gasteiger partial charge in [0.1, 0.15) is 12.5 Å². The van der Waals surface area contributed by atoms with Crippen molar-refractivity contribution in [1.82, 2.24) is 20.6 Å². The molecule has 3 aliphatic heterocycles. The molecule has 6 rings (SSSR count). The summed E-state index contributed by atoms with van der Waals surface area (Å²) in [6, 6.07) is 0. The van der Waals surface area contributed by atoms with Crippen molar-refractivity contribution < 1.29 is 29.0 Å². The Kier molecular flexibility index (Phi) is 16.7. The number of nitrogens with one attached hydrogen (secondary N) is 4. The summed E-state index contributed by atoms with van der Waals surface area (Å²) in [6.07, 6.45) is 20.4. The van der Waals surface area contributed by atoms with Crippen molar-refractivity contribution in [3.8, 4) is 0 Å². The maximum atomic E-state index is 14.4. The minimum absolute atomic E-state index is 0.124. The van der Waals surface area contributed by atoms with Crippen molar-refractivity contribution >= 4 is 41.5 Å². The van der Waals surface area contributed by atoms with Crippen LogP contribution in [0.2, 0.25) is 0 Å². The number of ether oxygens (including phenoxy) is 2. The second kappa shape index (κ2) is 21.8. The van der Waals surface area contributed by atoms with Gasteiger partial charge in [-0.1, -0.05) is 99.0 Å². The van der Waals surface area contributed by atoms with Gasteiger partial charge in [0.25, 0.3) is 0 Å². The van der Waals surface area contributed by atoms with Crippen molar-refractivity contribution in [2.45, 2.75) is 159 Å². The summed E-state index contributed by atoms with van der Waals surface area (Å²) < 4.78 is 11.1. The molecule has 4 aliphatic rings. The molecule has 2 saturated heterocycles. The van der Waals surface area contributed by atoms with Gasteiger partial charge < -0.3 is 35.2 Å². The highest BCUT2D eigenvalue weighted by Crippen LogP contribution is 2.49. The van der Waals surface area contributed by atoms with Crippen LogP contribution in [0.5, 0.6) is 0 Å². The standard InChI is InChI=1S/C55H80N4O6/c1-13-39-34(7)41-29-46-48(38(11)60)36(9)43(57-46)27-42-35(8)40(52(58-42)50-51(55(63)64-12)54(62)49-37(10)44(59-53(49)50)28-45(39)56-41)23-24-47(61)65-26-25-33(6)22-16-21-32(5)20-15-19-31(4)18-14-17-30(2)3/h25,27-32,34-35,38-40,51,56-60H,13-24,26H2,1-12H3/b33-25+,41-29-,42-27-,45-28-,52-50-/t31-,32-,34-,35+,38+,39-,40+,51-/m1/s1. The first kappa shape index (κ1) is 49.9. The molecular formula is C55H80N4O6. The summed E-state index contributed by atoms with van der Waals surface area (Å²) in [5.74, 6) is -0.0117. The van der Waals surface area contributed by atoms with Crippen LogP contribution >= 0.6 is 0 Å². The fourth-order valence-electron chi connectivity index (χ4n) is 11.1. The largest absolute Gasteiger partial charge is 0.468 e.